The molecule has 1 rings (SSSR count). The van der Waals surface area contributed by atoms with Crippen molar-refractivity contribution in [2.45, 2.75) is 32.9 Å². The van der Waals surface area contributed by atoms with E-state index >= 15 is 0 Å². The molecule has 0 aliphatic rings. The van der Waals surface area contributed by atoms with Crippen LogP contribution in [0.25, 0.3) is 0 Å². The average molecular weight is 323 g/mol. The fourth-order valence-corrected chi connectivity index (χ4v) is 1.88. The molecule has 0 aromatic carbocycles. The highest BCUT2D eigenvalue weighted by molar-refractivity contribution is 6.05. The maximum Gasteiger partial charge on any atom is 0.338 e. The number of aromatic carboxylic acids is 1. The van der Waals surface area contributed by atoms with Gasteiger partial charge in [0.05, 0.1) is 12.2 Å². The lowest BCUT2D eigenvalue weighted by atomic mass is 9.87. The van der Waals surface area contributed by atoms with Crippen molar-refractivity contribution < 1.29 is 24.2 Å². The molecule has 0 spiro atoms. The van der Waals surface area contributed by atoms with Gasteiger partial charge in [0.1, 0.15) is 11.2 Å². The predicted octanol–water partition coefficient (Wildman–Crippen LogP) is 0.556. The van der Waals surface area contributed by atoms with Crippen LogP contribution in [0.15, 0.2) is 12.3 Å². The molecule has 2 amide bonds. The molecule has 0 radical (unpaired) electrons. The lowest BCUT2D eigenvalue weighted by Crippen LogP contribution is -2.58. The molecule has 4 N–H and O–H groups in total. The van der Waals surface area contributed by atoms with Crippen LogP contribution >= 0.6 is 0 Å². The summed E-state index contributed by atoms with van der Waals surface area (Å²) in [6.45, 7) is 5.09. The summed E-state index contributed by atoms with van der Waals surface area (Å²) in [6, 6.07) is 1.31. The lowest BCUT2D eigenvalue weighted by Gasteiger charge is -2.31. The summed E-state index contributed by atoms with van der Waals surface area (Å²) in [5.41, 5.74) is 3.99. The number of amides is 2. The number of hydrogen-bond acceptors (Lipinski definition) is 5. The Morgan fingerprint density at radius 2 is 2.04 bits per heavy atom. The molecule has 0 aliphatic carbocycles. The van der Waals surface area contributed by atoms with E-state index in [1.54, 1.807) is 13.8 Å². The summed E-state index contributed by atoms with van der Waals surface area (Å²) < 4.78 is 4.91. The topological polar surface area (TPSA) is 132 Å². The van der Waals surface area contributed by atoms with Crippen LogP contribution < -0.4 is 11.1 Å². The molecule has 23 heavy (non-hydrogen) atoms. The summed E-state index contributed by atoms with van der Waals surface area (Å²) in [5.74, 6) is -3.08. The summed E-state index contributed by atoms with van der Waals surface area (Å²) in [6.07, 6.45) is 1.35. The lowest BCUT2D eigenvalue weighted by molar-refractivity contribution is -0.125. The Morgan fingerprint density at radius 3 is 2.48 bits per heavy atom. The molecule has 8 nitrogen and oxygen atoms in total. The molecule has 1 aromatic heterocycles. The molecular formula is C15H21N3O5. The molecule has 1 aromatic rings. The number of ether oxygens (including phenoxy) is 1. The number of nitrogens with two attached hydrogens (primary N) is 1. The van der Waals surface area contributed by atoms with Gasteiger partial charge in [0.2, 0.25) is 5.91 Å². The normalized spacial score (nSPS) is 13.4. The second-order valence-corrected chi connectivity index (χ2v) is 5.65. The number of pyridine rings is 1. The van der Waals surface area contributed by atoms with Gasteiger partial charge in [-0.25, -0.2) is 9.78 Å². The molecule has 0 bridgehead atoms. The number of nitrogens with zero attached hydrogens (tertiary/aromatic N) is 1. The molecule has 0 fully saturated rings. The molecule has 0 saturated carbocycles. The fourth-order valence-electron chi connectivity index (χ4n) is 1.88. The molecule has 8 heteroatoms. The van der Waals surface area contributed by atoms with Crippen molar-refractivity contribution >= 4 is 17.8 Å². The first-order valence-electron chi connectivity index (χ1n) is 6.97. The van der Waals surface area contributed by atoms with E-state index in [0.29, 0.717) is 5.56 Å². The van der Waals surface area contributed by atoms with Gasteiger partial charge in [-0.1, -0.05) is 13.8 Å². The Hall–Kier alpha value is -2.48. The second kappa shape index (κ2) is 7.19. The van der Waals surface area contributed by atoms with E-state index in [-0.39, 0.29) is 23.8 Å². The van der Waals surface area contributed by atoms with Crippen molar-refractivity contribution in [3.8, 4) is 0 Å². The average Bonchev–Trinajstić information content (AvgIpc) is 2.46. The van der Waals surface area contributed by atoms with Gasteiger partial charge in [-0.3, -0.25) is 9.59 Å². The number of carbonyl (C=O) groups is 3. The van der Waals surface area contributed by atoms with Crippen LogP contribution in [0.4, 0.5) is 0 Å². The van der Waals surface area contributed by atoms with Gasteiger partial charge in [0.15, 0.2) is 0 Å². The van der Waals surface area contributed by atoms with Crippen LogP contribution in [0.1, 0.15) is 47.2 Å². The first-order valence-corrected chi connectivity index (χ1v) is 6.97. The highest BCUT2D eigenvalue weighted by atomic mass is 16.5. The minimum Gasteiger partial charge on any atom is -0.478 e. The summed E-state index contributed by atoms with van der Waals surface area (Å²) in [7, 11) is 1.46. The van der Waals surface area contributed by atoms with Gasteiger partial charge >= 0.3 is 5.97 Å². The number of aromatic nitrogens is 1. The Morgan fingerprint density at radius 1 is 1.43 bits per heavy atom. The van der Waals surface area contributed by atoms with Crippen molar-refractivity contribution in [3.05, 3.63) is 29.1 Å². The smallest absolute Gasteiger partial charge is 0.338 e. The number of carboxylic acids is 1. The Kier molecular flexibility index (Phi) is 5.80. The Bertz CT molecular complexity index is 630. The fraction of sp³-hybridized carbons (Fsp3) is 0.467. The van der Waals surface area contributed by atoms with Crippen LogP contribution in [0.5, 0.6) is 0 Å². The van der Waals surface area contributed by atoms with Gasteiger partial charge < -0.3 is 20.9 Å². The first kappa shape index (κ1) is 18.6. The number of methoxy groups -OCH3 is 1. The van der Waals surface area contributed by atoms with E-state index in [2.05, 4.69) is 10.3 Å². The molecule has 0 saturated heterocycles. The van der Waals surface area contributed by atoms with Crippen LogP contribution in [0, 0.1) is 5.92 Å². The quantitative estimate of drug-likeness (QED) is 0.671. The zero-order valence-corrected chi connectivity index (χ0v) is 13.5. The van der Waals surface area contributed by atoms with Crippen LogP contribution in [0.2, 0.25) is 0 Å². The van der Waals surface area contributed by atoms with E-state index in [1.807, 2.05) is 0 Å². The summed E-state index contributed by atoms with van der Waals surface area (Å²) in [4.78, 5) is 39.3. The number of carbonyl (C=O) groups excluding carboxylic acids is 2. The van der Waals surface area contributed by atoms with Gasteiger partial charge in [-0.15, -0.1) is 0 Å². The second-order valence-electron chi connectivity index (χ2n) is 5.65. The number of primary amides is 1. The highest BCUT2D eigenvalue weighted by Gasteiger charge is 2.37. The van der Waals surface area contributed by atoms with E-state index in [0.717, 1.165) is 0 Å². The Balaban J connectivity index is 3.22. The number of hydrogen-bond donors (Lipinski definition) is 3. The molecule has 1 atom stereocenters. The van der Waals surface area contributed by atoms with Crippen LogP contribution in [0.3, 0.4) is 0 Å². The van der Waals surface area contributed by atoms with Crippen molar-refractivity contribution in [1.29, 1.82) is 0 Å². The minimum atomic E-state index is -1.32. The third kappa shape index (κ3) is 4.04. The highest BCUT2D eigenvalue weighted by Crippen LogP contribution is 2.18. The summed E-state index contributed by atoms with van der Waals surface area (Å²) >= 11 is 0. The maximum absolute atomic E-state index is 12.4. The number of carboxylic acid groups (broad SMARTS) is 1. The van der Waals surface area contributed by atoms with Crippen LogP contribution in [-0.2, 0) is 16.1 Å². The van der Waals surface area contributed by atoms with Crippen molar-refractivity contribution in [2.24, 2.45) is 11.7 Å². The zero-order chi connectivity index (χ0) is 17.8. The largest absolute Gasteiger partial charge is 0.478 e. The molecule has 0 aliphatic heterocycles. The third-order valence-corrected chi connectivity index (χ3v) is 3.74. The first-order chi connectivity index (χ1) is 10.6. The number of rotatable bonds is 7. The van der Waals surface area contributed by atoms with E-state index in [4.69, 9.17) is 10.5 Å². The SMILES string of the molecule is COCc1cnc(C(=O)NC(C)(C(N)=O)C(C)C)c(C(=O)O)c1. The summed E-state index contributed by atoms with van der Waals surface area (Å²) in [5, 5.41) is 11.8. The Labute approximate surface area is 134 Å². The van der Waals surface area contributed by atoms with Crippen LogP contribution in [-0.4, -0.2) is 40.5 Å². The third-order valence-electron chi connectivity index (χ3n) is 3.74. The minimum absolute atomic E-state index is 0.167. The predicted molar refractivity (Wildman–Crippen MR) is 81.8 cm³/mol. The van der Waals surface area contributed by atoms with Gasteiger partial charge in [0.25, 0.3) is 5.91 Å². The van der Waals surface area contributed by atoms with Crippen molar-refractivity contribution in [2.75, 3.05) is 7.11 Å². The van der Waals surface area contributed by atoms with Gasteiger partial charge in [-0.05, 0) is 24.5 Å². The van der Waals surface area contributed by atoms with Gasteiger partial charge in [-0.2, -0.15) is 0 Å². The van der Waals surface area contributed by atoms with E-state index < -0.39 is 23.3 Å². The van der Waals surface area contributed by atoms with Crippen molar-refractivity contribution in [1.82, 2.24) is 10.3 Å². The monoisotopic (exact) mass is 323 g/mol. The number of nitrogens with one attached hydrogen (secondary N) is 1. The van der Waals surface area contributed by atoms with E-state index in [1.165, 1.54) is 26.3 Å². The molecule has 1 heterocycles. The van der Waals surface area contributed by atoms with Crippen molar-refractivity contribution in [3.63, 3.8) is 0 Å². The standard InChI is InChI=1S/C15H21N3O5/c1-8(2)15(3,14(16)22)18-12(19)11-10(13(20)21)5-9(6-17-11)7-23-4/h5-6,8H,7H2,1-4H3,(H2,16,22)(H,18,19)(H,20,21). The molecule has 1 unspecified atom stereocenters. The maximum atomic E-state index is 12.4. The molecule has 126 valence electrons. The molecular weight excluding hydrogens is 302 g/mol. The zero-order valence-electron chi connectivity index (χ0n) is 13.5. The van der Waals surface area contributed by atoms with Gasteiger partial charge in [0, 0.05) is 13.3 Å². The van der Waals surface area contributed by atoms with E-state index in [9.17, 15) is 19.5 Å².